The highest BCUT2D eigenvalue weighted by Crippen LogP contribution is 2.23. The first-order chi connectivity index (χ1) is 11.1. The highest BCUT2D eigenvalue weighted by molar-refractivity contribution is 7.90. The van der Waals surface area contributed by atoms with E-state index in [0.29, 0.717) is 5.02 Å². The number of nitrogens with one attached hydrogen (secondary N) is 1. The van der Waals surface area contributed by atoms with Crippen molar-refractivity contribution in [2.75, 3.05) is 0 Å². The van der Waals surface area contributed by atoms with Crippen molar-refractivity contribution in [1.82, 2.24) is 4.72 Å². The van der Waals surface area contributed by atoms with Crippen LogP contribution < -0.4 is 9.46 Å². The quantitative estimate of drug-likeness (QED) is 0.884. The van der Waals surface area contributed by atoms with Crippen LogP contribution in [0.1, 0.15) is 10.4 Å². The molecule has 0 heterocycles. The molecule has 0 bridgehead atoms. The van der Waals surface area contributed by atoms with E-state index in [9.17, 15) is 26.4 Å². The van der Waals surface area contributed by atoms with Gasteiger partial charge in [-0.15, -0.1) is 13.2 Å². The number of alkyl halides is 3. The van der Waals surface area contributed by atoms with Gasteiger partial charge in [0.25, 0.3) is 15.9 Å². The maximum Gasteiger partial charge on any atom is 0.573 e. The van der Waals surface area contributed by atoms with Crippen LogP contribution in [0, 0.1) is 0 Å². The molecule has 1 N–H and O–H groups in total. The summed E-state index contributed by atoms with van der Waals surface area (Å²) in [5.74, 6) is -1.52. The Morgan fingerprint density at radius 1 is 1.00 bits per heavy atom. The van der Waals surface area contributed by atoms with Gasteiger partial charge in [-0.2, -0.15) is 0 Å². The van der Waals surface area contributed by atoms with Gasteiger partial charge in [0.15, 0.2) is 0 Å². The molecule has 2 aromatic rings. The average molecular weight is 380 g/mol. The SMILES string of the molecule is O=C(NS(=O)(=O)c1ccc(Cl)cc1)c1ccc(OC(F)(F)F)cc1. The molecular weight excluding hydrogens is 371 g/mol. The molecule has 10 heteroatoms. The first-order valence-electron chi connectivity index (χ1n) is 6.25. The zero-order chi connectivity index (χ0) is 18.0. The molecule has 0 aliphatic rings. The lowest BCUT2D eigenvalue weighted by Crippen LogP contribution is -2.30. The zero-order valence-electron chi connectivity index (χ0n) is 11.7. The summed E-state index contributed by atoms with van der Waals surface area (Å²) in [7, 11) is -4.13. The van der Waals surface area contributed by atoms with E-state index < -0.39 is 28.0 Å². The van der Waals surface area contributed by atoms with Gasteiger partial charge < -0.3 is 4.74 Å². The van der Waals surface area contributed by atoms with Gasteiger partial charge in [0.1, 0.15) is 5.75 Å². The highest BCUT2D eigenvalue weighted by Gasteiger charge is 2.31. The van der Waals surface area contributed by atoms with Crippen molar-refractivity contribution in [1.29, 1.82) is 0 Å². The molecule has 5 nitrogen and oxygen atoms in total. The Kier molecular flexibility index (Phi) is 5.05. The molecule has 0 saturated heterocycles. The second-order valence-corrected chi connectivity index (χ2v) is 6.58. The Labute approximate surface area is 140 Å². The number of hydrogen-bond donors (Lipinski definition) is 1. The van der Waals surface area contributed by atoms with Gasteiger partial charge in [0.2, 0.25) is 0 Å². The Morgan fingerprint density at radius 2 is 1.54 bits per heavy atom. The molecule has 0 aromatic heterocycles. The minimum absolute atomic E-state index is 0.151. The Hall–Kier alpha value is -2.26. The Bertz CT molecular complexity index is 834. The molecule has 2 aromatic carbocycles. The van der Waals surface area contributed by atoms with E-state index in [2.05, 4.69) is 4.74 Å². The lowest BCUT2D eigenvalue weighted by atomic mass is 10.2. The van der Waals surface area contributed by atoms with Crippen molar-refractivity contribution in [3.8, 4) is 5.75 Å². The van der Waals surface area contributed by atoms with Gasteiger partial charge in [-0.1, -0.05) is 11.6 Å². The number of carbonyl (C=O) groups is 1. The van der Waals surface area contributed by atoms with Crippen molar-refractivity contribution in [3.63, 3.8) is 0 Å². The number of amides is 1. The molecular formula is C14H9ClF3NO4S. The predicted octanol–water partition coefficient (Wildman–Crippen LogP) is 3.36. The van der Waals surface area contributed by atoms with Gasteiger partial charge >= 0.3 is 6.36 Å². The van der Waals surface area contributed by atoms with Gasteiger partial charge in [0.05, 0.1) is 4.90 Å². The molecule has 0 fully saturated rings. The first-order valence-corrected chi connectivity index (χ1v) is 8.11. The summed E-state index contributed by atoms with van der Waals surface area (Å²) in [4.78, 5) is 11.7. The molecule has 24 heavy (non-hydrogen) atoms. The van der Waals surface area contributed by atoms with E-state index in [0.717, 1.165) is 24.3 Å². The van der Waals surface area contributed by atoms with E-state index >= 15 is 0 Å². The fourth-order valence-electron chi connectivity index (χ4n) is 1.66. The third-order valence-electron chi connectivity index (χ3n) is 2.70. The van der Waals surface area contributed by atoms with Crippen molar-refractivity contribution in [2.24, 2.45) is 0 Å². The third-order valence-corrected chi connectivity index (χ3v) is 4.30. The molecule has 0 spiro atoms. The van der Waals surface area contributed by atoms with Crippen molar-refractivity contribution < 1.29 is 31.1 Å². The monoisotopic (exact) mass is 379 g/mol. The standard InChI is InChI=1S/C14H9ClF3NO4S/c15-10-3-7-12(8-4-10)24(21,22)19-13(20)9-1-5-11(6-2-9)23-14(16,17)18/h1-8H,(H,19,20). The van der Waals surface area contributed by atoms with Gasteiger partial charge in [-0.05, 0) is 48.5 Å². The van der Waals surface area contributed by atoms with Crippen molar-refractivity contribution in [3.05, 3.63) is 59.1 Å². The number of benzene rings is 2. The van der Waals surface area contributed by atoms with Crippen LogP contribution in [-0.4, -0.2) is 20.7 Å². The normalized spacial score (nSPS) is 11.8. The van der Waals surface area contributed by atoms with Gasteiger partial charge in [0, 0.05) is 10.6 Å². The maximum atomic E-state index is 12.0. The number of hydrogen-bond acceptors (Lipinski definition) is 4. The number of sulfonamides is 1. The molecule has 0 radical (unpaired) electrons. The summed E-state index contributed by atoms with van der Waals surface area (Å²) in [5, 5.41) is 0.320. The van der Waals surface area contributed by atoms with Crippen LogP contribution in [0.4, 0.5) is 13.2 Å². The number of halogens is 4. The molecule has 0 unspecified atom stereocenters. The summed E-state index contributed by atoms with van der Waals surface area (Å²) < 4.78 is 65.7. The minimum atomic E-state index is -4.86. The second-order valence-electron chi connectivity index (χ2n) is 4.46. The molecule has 128 valence electrons. The molecule has 0 saturated carbocycles. The van der Waals surface area contributed by atoms with E-state index in [1.165, 1.54) is 24.3 Å². The number of rotatable bonds is 4. The van der Waals surface area contributed by atoms with E-state index in [4.69, 9.17) is 11.6 Å². The summed E-state index contributed by atoms with van der Waals surface area (Å²) in [6.45, 7) is 0. The smallest absolute Gasteiger partial charge is 0.406 e. The summed E-state index contributed by atoms with van der Waals surface area (Å²) in [6, 6.07) is 8.90. The molecule has 0 aliphatic heterocycles. The summed E-state index contributed by atoms with van der Waals surface area (Å²) in [5.41, 5.74) is -0.151. The highest BCUT2D eigenvalue weighted by atomic mass is 35.5. The van der Waals surface area contributed by atoms with Crippen LogP contribution in [0.25, 0.3) is 0 Å². The fourth-order valence-corrected chi connectivity index (χ4v) is 2.76. The minimum Gasteiger partial charge on any atom is -0.406 e. The van der Waals surface area contributed by atoms with Crippen molar-refractivity contribution >= 4 is 27.5 Å². The number of ether oxygens (including phenoxy) is 1. The van der Waals surface area contributed by atoms with Crippen LogP contribution in [0.3, 0.4) is 0 Å². The van der Waals surface area contributed by atoms with Gasteiger partial charge in [-0.3, -0.25) is 4.79 Å². The summed E-state index contributed by atoms with van der Waals surface area (Å²) >= 11 is 5.65. The Morgan fingerprint density at radius 3 is 2.04 bits per heavy atom. The van der Waals surface area contributed by atoms with E-state index in [-0.39, 0.29) is 10.5 Å². The van der Waals surface area contributed by atoms with Crippen LogP contribution >= 0.6 is 11.6 Å². The average Bonchev–Trinajstić information content (AvgIpc) is 2.46. The van der Waals surface area contributed by atoms with Crippen LogP contribution in [0.5, 0.6) is 5.75 Å². The predicted molar refractivity (Wildman–Crippen MR) is 79.2 cm³/mol. The molecule has 1 amide bonds. The lowest BCUT2D eigenvalue weighted by molar-refractivity contribution is -0.274. The Balaban J connectivity index is 2.13. The lowest BCUT2D eigenvalue weighted by Gasteiger charge is -2.10. The molecule has 0 aliphatic carbocycles. The second kappa shape index (κ2) is 6.70. The van der Waals surface area contributed by atoms with Crippen LogP contribution in [0.2, 0.25) is 5.02 Å². The van der Waals surface area contributed by atoms with E-state index in [1.807, 2.05) is 0 Å². The number of carbonyl (C=O) groups excluding carboxylic acids is 1. The van der Waals surface area contributed by atoms with Crippen LogP contribution in [0.15, 0.2) is 53.4 Å². The topological polar surface area (TPSA) is 72.5 Å². The van der Waals surface area contributed by atoms with E-state index in [1.54, 1.807) is 4.72 Å². The van der Waals surface area contributed by atoms with Gasteiger partial charge in [-0.25, -0.2) is 13.1 Å². The largest absolute Gasteiger partial charge is 0.573 e. The molecule has 0 atom stereocenters. The third kappa shape index (κ3) is 4.87. The zero-order valence-corrected chi connectivity index (χ0v) is 13.2. The maximum absolute atomic E-state index is 12.0. The first kappa shape index (κ1) is 18.1. The van der Waals surface area contributed by atoms with Crippen molar-refractivity contribution in [2.45, 2.75) is 11.3 Å². The molecule has 2 rings (SSSR count). The fraction of sp³-hybridized carbons (Fsp3) is 0.0714. The van der Waals surface area contributed by atoms with Crippen LogP contribution in [-0.2, 0) is 10.0 Å². The summed E-state index contributed by atoms with van der Waals surface area (Å²) in [6.07, 6.45) is -4.86.